The van der Waals surface area contributed by atoms with Gasteiger partial charge in [-0.15, -0.1) is 0 Å². The summed E-state index contributed by atoms with van der Waals surface area (Å²) in [7, 11) is 1.54. The second-order valence-electron chi connectivity index (χ2n) is 2.24. The van der Waals surface area contributed by atoms with Crippen LogP contribution in [0.2, 0.25) is 5.02 Å². The Morgan fingerprint density at radius 1 is 1.58 bits per heavy atom. The molecule has 66 valence electrons. The number of ether oxygens (including phenoxy) is 1. The van der Waals surface area contributed by atoms with Crippen LogP contribution in [-0.4, -0.2) is 12.2 Å². The highest BCUT2D eigenvalue weighted by molar-refractivity contribution is 9.10. The van der Waals surface area contributed by atoms with Gasteiger partial charge in [-0.1, -0.05) is 27.5 Å². The zero-order valence-electron chi connectivity index (χ0n) is 6.47. The molecule has 0 aliphatic carbocycles. The van der Waals surface area contributed by atoms with Crippen LogP contribution in [0, 0.1) is 0 Å². The molecule has 1 N–H and O–H groups in total. The molecule has 0 saturated heterocycles. The van der Waals surface area contributed by atoms with Crippen molar-refractivity contribution in [3.05, 3.63) is 27.2 Å². The fraction of sp³-hybridized carbons (Fsp3) is 0.250. The SMILES string of the molecule is COc1cc(CO)c(Br)cc1Cl. The van der Waals surface area contributed by atoms with Crippen molar-refractivity contribution in [1.82, 2.24) is 0 Å². The van der Waals surface area contributed by atoms with Crippen molar-refractivity contribution in [3.8, 4) is 5.75 Å². The number of aliphatic hydroxyl groups is 1. The summed E-state index contributed by atoms with van der Waals surface area (Å²) in [6.07, 6.45) is 0. The summed E-state index contributed by atoms with van der Waals surface area (Å²) < 4.78 is 5.77. The summed E-state index contributed by atoms with van der Waals surface area (Å²) in [5.74, 6) is 0.573. The Kier molecular flexibility index (Phi) is 3.38. The van der Waals surface area contributed by atoms with E-state index in [2.05, 4.69) is 15.9 Å². The van der Waals surface area contributed by atoms with Crippen molar-refractivity contribution in [2.45, 2.75) is 6.61 Å². The molecule has 2 nitrogen and oxygen atoms in total. The van der Waals surface area contributed by atoms with Crippen LogP contribution in [0.3, 0.4) is 0 Å². The largest absolute Gasteiger partial charge is 0.495 e. The van der Waals surface area contributed by atoms with E-state index in [0.29, 0.717) is 10.8 Å². The normalized spacial score (nSPS) is 10.0. The third-order valence-electron chi connectivity index (χ3n) is 1.49. The maximum Gasteiger partial charge on any atom is 0.137 e. The number of halogens is 2. The van der Waals surface area contributed by atoms with E-state index in [1.54, 1.807) is 12.1 Å². The highest BCUT2D eigenvalue weighted by atomic mass is 79.9. The molecular weight excluding hydrogens is 243 g/mol. The molecule has 0 atom stereocenters. The van der Waals surface area contributed by atoms with Crippen molar-refractivity contribution < 1.29 is 9.84 Å². The molecule has 1 aromatic carbocycles. The molecule has 0 unspecified atom stereocenters. The molecule has 0 heterocycles. The highest BCUT2D eigenvalue weighted by Gasteiger charge is 2.05. The zero-order chi connectivity index (χ0) is 9.14. The average Bonchev–Trinajstić information content (AvgIpc) is 2.05. The monoisotopic (exact) mass is 250 g/mol. The lowest BCUT2D eigenvalue weighted by Crippen LogP contribution is -1.89. The van der Waals surface area contributed by atoms with Crippen LogP contribution in [0.5, 0.6) is 5.75 Å². The van der Waals surface area contributed by atoms with E-state index < -0.39 is 0 Å². The molecule has 1 rings (SSSR count). The van der Waals surface area contributed by atoms with Gasteiger partial charge in [0.2, 0.25) is 0 Å². The number of benzene rings is 1. The van der Waals surface area contributed by atoms with Gasteiger partial charge in [-0.25, -0.2) is 0 Å². The molecule has 0 bridgehead atoms. The summed E-state index contributed by atoms with van der Waals surface area (Å²) in [6, 6.07) is 3.40. The van der Waals surface area contributed by atoms with E-state index in [4.69, 9.17) is 21.4 Å². The fourth-order valence-corrected chi connectivity index (χ4v) is 1.69. The van der Waals surface area contributed by atoms with Gasteiger partial charge in [0.1, 0.15) is 5.75 Å². The molecular formula is C8H8BrClO2. The van der Waals surface area contributed by atoms with Crippen LogP contribution < -0.4 is 4.74 Å². The molecule has 4 heteroatoms. The van der Waals surface area contributed by atoms with Gasteiger partial charge in [-0.05, 0) is 17.7 Å². The Hall–Kier alpha value is -0.250. The summed E-state index contributed by atoms with van der Waals surface area (Å²) in [6.45, 7) is -0.0336. The predicted molar refractivity (Wildman–Crippen MR) is 51.6 cm³/mol. The summed E-state index contributed by atoms with van der Waals surface area (Å²) in [5.41, 5.74) is 0.760. The maximum atomic E-state index is 8.90. The van der Waals surface area contributed by atoms with Gasteiger partial charge in [-0.2, -0.15) is 0 Å². The first-order valence-electron chi connectivity index (χ1n) is 3.31. The lowest BCUT2D eigenvalue weighted by atomic mass is 10.2. The van der Waals surface area contributed by atoms with Gasteiger partial charge in [0.05, 0.1) is 18.7 Å². The van der Waals surface area contributed by atoms with E-state index in [-0.39, 0.29) is 6.61 Å². The Labute approximate surface area is 84.2 Å². The lowest BCUT2D eigenvalue weighted by molar-refractivity contribution is 0.280. The predicted octanol–water partition coefficient (Wildman–Crippen LogP) is 2.60. The first-order chi connectivity index (χ1) is 5.69. The molecule has 0 amide bonds. The van der Waals surface area contributed by atoms with E-state index >= 15 is 0 Å². The van der Waals surface area contributed by atoms with Gasteiger partial charge < -0.3 is 9.84 Å². The smallest absolute Gasteiger partial charge is 0.137 e. The second kappa shape index (κ2) is 4.12. The number of hydrogen-bond acceptors (Lipinski definition) is 2. The van der Waals surface area contributed by atoms with Gasteiger partial charge in [0.15, 0.2) is 0 Å². The number of aliphatic hydroxyl groups excluding tert-OH is 1. The van der Waals surface area contributed by atoms with Gasteiger partial charge in [-0.3, -0.25) is 0 Å². The van der Waals surface area contributed by atoms with Crippen LogP contribution in [0.4, 0.5) is 0 Å². The Morgan fingerprint density at radius 3 is 2.75 bits per heavy atom. The third kappa shape index (κ3) is 1.91. The zero-order valence-corrected chi connectivity index (χ0v) is 8.82. The quantitative estimate of drug-likeness (QED) is 0.875. The standard InChI is InChI=1S/C8H8BrClO2/c1-12-8-2-5(4-11)6(9)3-7(8)10/h2-3,11H,4H2,1H3. The van der Waals surface area contributed by atoms with Crippen LogP contribution >= 0.6 is 27.5 Å². The topological polar surface area (TPSA) is 29.5 Å². The molecule has 1 aromatic rings. The fourth-order valence-electron chi connectivity index (χ4n) is 0.849. The Bertz CT molecular complexity index is 263. The third-order valence-corrected chi connectivity index (χ3v) is 2.52. The van der Waals surface area contributed by atoms with E-state index in [9.17, 15) is 0 Å². The van der Waals surface area contributed by atoms with Crippen molar-refractivity contribution in [2.24, 2.45) is 0 Å². The summed E-state index contributed by atoms with van der Waals surface area (Å²) in [5, 5.41) is 9.43. The lowest BCUT2D eigenvalue weighted by Gasteiger charge is -2.06. The first-order valence-corrected chi connectivity index (χ1v) is 4.49. The van der Waals surface area contributed by atoms with Crippen molar-refractivity contribution >= 4 is 27.5 Å². The number of rotatable bonds is 2. The van der Waals surface area contributed by atoms with Gasteiger partial charge in [0.25, 0.3) is 0 Å². The number of methoxy groups -OCH3 is 1. The second-order valence-corrected chi connectivity index (χ2v) is 3.50. The van der Waals surface area contributed by atoms with Gasteiger partial charge in [0, 0.05) is 4.47 Å². The Morgan fingerprint density at radius 2 is 2.25 bits per heavy atom. The van der Waals surface area contributed by atoms with E-state index in [1.165, 1.54) is 7.11 Å². The molecule has 0 radical (unpaired) electrons. The number of hydrogen-bond donors (Lipinski definition) is 1. The molecule has 0 aliphatic heterocycles. The van der Waals surface area contributed by atoms with Crippen LogP contribution in [0.15, 0.2) is 16.6 Å². The van der Waals surface area contributed by atoms with Crippen molar-refractivity contribution in [2.75, 3.05) is 7.11 Å². The van der Waals surface area contributed by atoms with E-state index in [0.717, 1.165) is 10.0 Å². The summed E-state index contributed by atoms with van der Waals surface area (Å²) in [4.78, 5) is 0. The van der Waals surface area contributed by atoms with Crippen molar-refractivity contribution in [1.29, 1.82) is 0 Å². The van der Waals surface area contributed by atoms with E-state index in [1.807, 2.05) is 0 Å². The maximum absolute atomic E-state index is 8.90. The molecule has 0 aromatic heterocycles. The van der Waals surface area contributed by atoms with Crippen LogP contribution in [0.1, 0.15) is 5.56 Å². The van der Waals surface area contributed by atoms with Crippen molar-refractivity contribution in [3.63, 3.8) is 0 Å². The molecule has 0 saturated carbocycles. The molecule has 12 heavy (non-hydrogen) atoms. The van der Waals surface area contributed by atoms with Crippen LogP contribution in [0.25, 0.3) is 0 Å². The first kappa shape index (κ1) is 9.84. The minimum Gasteiger partial charge on any atom is -0.495 e. The van der Waals surface area contributed by atoms with Gasteiger partial charge >= 0.3 is 0 Å². The van der Waals surface area contributed by atoms with Crippen LogP contribution in [-0.2, 0) is 6.61 Å². The molecule has 0 fully saturated rings. The highest BCUT2D eigenvalue weighted by Crippen LogP contribution is 2.30. The molecule has 0 aliphatic rings. The minimum atomic E-state index is -0.0336. The summed E-state index contributed by atoms with van der Waals surface area (Å²) >= 11 is 9.09. The average molecular weight is 252 g/mol. The molecule has 0 spiro atoms. The minimum absolute atomic E-state index is 0.0336. The Balaban J connectivity index is 3.18.